The molecule has 5 nitrogen and oxygen atoms in total. The monoisotopic (exact) mass is 376 g/mol. The lowest BCUT2D eigenvalue weighted by Gasteiger charge is -2.17. The molecule has 2 aromatic rings. The highest BCUT2D eigenvalue weighted by Crippen LogP contribution is 2.25. The van der Waals surface area contributed by atoms with Gasteiger partial charge in [-0.15, -0.1) is 0 Å². The molecule has 0 unspecified atom stereocenters. The van der Waals surface area contributed by atoms with Gasteiger partial charge in [-0.1, -0.05) is 12.1 Å². The smallest absolute Gasteiger partial charge is 0.240 e. The summed E-state index contributed by atoms with van der Waals surface area (Å²) >= 11 is 0. The van der Waals surface area contributed by atoms with Crippen LogP contribution in [-0.4, -0.2) is 27.4 Å². The Morgan fingerprint density at radius 1 is 1.15 bits per heavy atom. The van der Waals surface area contributed by atoms with Gasteiger partial charge in [0.05, 0.1) is 4.90 Å². The molecule has 138 valence electrons. The highest BCUT2D eigenvalue weighted by Gasteiger charge is 2.31. The summed E-state index contributed by atoms with van der Waals surface area (Å²) in [5, 5.41) is 0. The van der Waals surface area contributed by atoms with Gasteiger partial charge >= 0.3 is 0 Å². The number of anilines is 1. The SMILES string of the molecule is Cc1ccc(C)c(S(=O)(=O)NC[C@@H]2CC(=O)N(c3ccc(F)cc3)C2)c1. The summed E-state index contributed by atoms with van der Waals surface area (Å²) in [6.45, 7) is 4.18. The van der Waals surface area contributed by atoms with Crippen LogP contribution in [0.1, 0.15) is 17.5 Å². The van der Waals surface area contributed by atoms with Crippen LogP contribution < -0.4 is 9.62 Å². The molecule has 1 saturated heterocycles. The highest BCUT2D eigenvalue weighted by molar-refractivity contribution is 7.89. The van der Waals surface area contributed by atoms with E-state index in [1.165, 1.54) is 12.1 Å². The third-order valence-electron chi connectivity index (χ3n) is 4.54. The van der Waals surface area contributed by atoms with Gasteiger partial charge in [0.15, 0.2) is 0 Å². The molecule has 1 heterocycles. The van der Waals surface area contributed by atoms with E-state index < -0.39 is 10.0 Å². The quantitative estimate of drug-likeness (QED) is 0.873. The molecule has 2 aromatic carbocycles. The molecule has 1 amide bonds. The van der Waals surface area contributed by atoms with Gasteiger partial charge in [0.2, 0.25) is 15.9 Å². The van der Waals surface area contributed by atoms with E-state index in [-0.39, 0.29) is 35.5 Å². The summed E-state index contributed by atoms with van der Waals surface area (Å²) in [4.78, 5) is 14.0. The van der Waals surface area contributed by atoms with Crippen molar-refractivity contribution >= 4 is 21.6 Å². The first-order chi connectivity index (χ1) is 12.3. The summed E-state index contributed by atoms with van der Waals surface area (Å²) in [5.74, 6) is -0.585. The minimum atomic E-state index is -3.64. The lowest BCUT2D eigenvalue weighted by Crippen LogP contribution is -2.31. The first-order valence-corrected chi connectivity index (χ1v) is 9.87. The van der Waals surface area contributed by atoms with Crippen LogP contribution in [0.3, 0.4) is 0 Å². The first-order valence-electron chi connectivity index (χ1n) is 8.39. The molecule has 0 saturated carbocycles. The van der Waals surface area contributed by atoms with Gasteiger partial charge in [0, 0.05) is 25.2 Å². The highest BCUT2D eigenvalue weighted by atomic mass is 32.2. The zero-order chi connectivity index (χ0) is 18.9. The van der Waals surface area contributed by atoms with E-state index in [0.717, 1.165) is 5.56 Å². The minimum absolute atomic E-state index is 0.0902. The molecule has 3 rings (SSSR count). The molecule has 7 heteroatoms. The number of nitrogens with one attached hydrogen (secondary N) is 1. The molecule has 26 heavy (non-hydrogen) atoms. The molecule has 1 fully saturated rings. The minimum Gasteiger partial charge on any atom is -0.312 e. The number of hydrogen-bond donors (Lipinski definition) is 1. The normalized spacial score (nSPS) is 17.7. The molecule has 0 aliphatic carbocycles. The van der Waals surface area contributed by atoms with E-state index in [1.54, 1.807) is 36.1 Å². The second kappa shape index (κ2) is 7.17. The number of carbonyl (C=O) groups excluding carboxylic acids is 1. The van der Waals surface area contributed by atoms with Crippen molar-refractivity contribution in [2.24, 2.45) is 5.92 Å². The lowest BCUT2D eigenvalue weighted by atomic mass is 10.1. The molecule has 0 radical (unpaired) electrons. The number of hydrogen-bond acceptors (Lipinski definition) is 3. The van der Waals surface area contributed by atoms with Gasteiger partial charge in [-0.25, -0.2) is 17.5 Å². The molecular weight excluding hydrogens is 355 g/mol. The number of halogens is 1. The summed E-state index contributed by atoms with van der Waals surface area (Å²) in [6, 6.07) is 11.0. The third-order valence-corrected chi connectivity index (χ3v) is 6.10. The Morgan fingerprint density at radius 2 is 1.85 bits per heavy atom. The van der Waals surface area contributed by atoms with Gasteiger partial charge < -0.3 is 4.90 Å². The number of amides is 1. The van der Waals surface area contributed by atoms with Gasteiger partial charge in [-0.3, -0.25) is 4.79 Å². The lowest BCUT2D eigenvalue weighted by molar-refractivity contribution is -0.117. The van der Waals surface area contributed by atoms with Crippen LogP contribution in [0.5, 0.6) is 0 Å². The van der Waals surface area contributed by atoms with Crippen LogP contribution in [0.2, 0.25) is 0 Å². The molecular formula is C19H21FN2O3S. The fraction of sp³-hybridized carbons (Fsp3) is 0.316. The molecule has 0 spiro atoms. The van der Waals surface area contributed by atoms with E-state index in [2.05, 4.69) is 4.72 Å². The van der Waals surface area contributed by atoms with E-state index >= 15 is 0 Å². The number of nitrogens with zero attached hydrogens (tertiary/aromatic N) is 1. The molecule has 1 aliphatic heterocycles. The fourth-order valence-corrected chi connectivity index (χ4v) is 4.53. The number of sulfonamides is 1. The van der Waals surface area contributed by atoms with E-state index in [0.29, 0.717) is 17.8 Å². The molecule has 0 bridgehead atoms. The second-order valence-corrected chi connectivity index (χ2v) is 8.41. The van der Waals surface area contributed by atoms with Crippen LogP contribution in [0.15, 0.2) is 47.4 Å². The van der Waals surface area contributed by atoms with Crippen molar-refractivity contribution in [3.8, 4) is 0 Å². The van der Waals surface area contributed by atoms with Crippen molar-refractivity contribution in [1.29, 1.82) is 0 Å². The standard InChI is InChI=1S/C19H21FN2O3S/c1-13-3-4-14(2)18(9-13)26(24,25)21-11-15-10-19(23)22(12-15)17-7-5-16(20)6-8-17/h3-9,15,21H,10-12H2,1-2H3/t15-/m0/s1. The summed E-state index contributed by atoms with van der Waals surface area (Å²) in [6.07, 6.45) is 0.257. The predicted octanol–water partition coefficient (Wildman–Crippen LogP) is 2.77. The molecule has 0 aromatic heterocycles. The molecule has 1 atom stereocenters. The van der Waals surface area contributed by atoms with E-state index in [1.807, 2.05) is 13.0 Å². The van der Waals surface area contributed by atoms with Crippen molar-refractivity contribution in [3.63, 3.8) is 0 Å². The summed E-state index contributed by atoms with van der Waals surface area (Å²) < 4.78 is 40.8. The number of aryl methyl sites for hydroxylation is 2. The Hall–Kier alpha value is -2.25. The largest absolute Gasteiger partial charge is 0.312 e. The fourth-order valence-electron chi connectivity index (χ4n) is 3.09. The van der Waals surface area contributed by atoms with Crippen molar-refractivity contribution in [3.05, 3.63) is 59.4 Å². The van der Waals surface area contributed by atoms with E-state index in [9.17, 15) is 17.6 Å². The van der Waals surface area contributed by atoms with Crippen LogP contribution in [0, 0.1) is 25.6 Å². The van der Waals surface area contributed by atoms with Crippen LogP contribution in [0.4, 0.5) is 10.1 Å². The van der Waals surface area contributed by atoms with E-state index in [4.69, 9.17) is 0 Å². The Kier molecular flexibility index (Phi) is 5.11. The molecule has 1 aliphatic rings. The van der Waals surface area contributed by atoms with Crippen molar-refractivity contribution in [2.75, 3.05) is 18.0 Å². The maximum atomic E-state index is 13.0. The zero-order valence-corrected chi connectivity index (χ0v) is 15.5. The predicted molar refractivity (Wildman–Crippen MR) is 98.0 cm³/mol. The Morgan fingerprint density at radius 3 is 2.54 bits per heavy atom. The summed E-state index contributed by atoms with van der Waals surface area (Å²) in [5.41, 5.74) is 2.17. The van der Waals surface area contributed by atoms with Gasteiger partial charge in [0.1, 0.15) is 5.82 Å². The van der Waals surface area contributed by atoms with Crippen molar-refractivity contribution in [2.45, 2.75) is 25.2 Å². The zero-order valence-electron chi connectivity index (χ0n) is 14.7. The van der Waals surface area contributed by atoms with Gasteiger partial charge in [-0.2, -0.15) is 0 Å². The van der Waals surface area contributed by atoms with Crippen molar-refractivity contribution in [1.82, 2.24) is 4.72 Å². The average molecular weight is 376 g/mol. The van der Waals surface area contributed by atoms with Crippen LogP contribution in [-0.2, 0) is 14.8 Å². The third kappa shape index (κ3) is 3.94. The topological polar surface area (TPSA) is 66.5 Å². The Bertz CT molecular complexity index is 926. The van der Waals surface area contributed by atoms with Crippen molar-refractivity contribution < 1.29 is 17.6 Å². The first kappa shape index (κ1) is 18.5. The maximum absolute atomic E-state index is 13.0. The summed E-state index contributed by atoms with van der Waals surface area (Å²) in [7, 11) is -3.64. The number of benzene rings is 2. The van der Waals surface area contributed by atoms with Gasteiger partial charge in [-0.05, 0) is 61.2 Å². The second-order valence-electron chi connectivity index (χ2n) is 6.67. The number of carbonyl (C=O) groups is 1. The molecule has 1 N–H and O–H groups in total. The Balaban J connectivity index is 1.68. The average Bonchev–Trinajstić information content (AvgIpc) is 2.97. The number of rotatable bonds is 5. The maximum Gasteiger partial charge on any atom is 0.240 e. The van der Waals surface area contributed by atoms with Crippen LogP contribution in [0.25, 0.3) is 0 Å². The van der Waals surface area contributed by atoms with Gasteiger partial charge in [0.25, 0.3) is 0 Å². The van der Waals surface area contributed by atoms with Crippen LogP contribution >= 0.6 is 0 Å². The Labute approximate surface area is 152 Å².